The van der Waals surface area contributed by atoms with Gasteiger partial charge < -0.3 is 5.73 Å². The van der Waals surface area contributed by atoms with E-state index in [-0.39, 0.29) is 6.04 Å². The minimum Gasteiger partial charge on any atom is -0.327 e. The van der Waals surface area contributed by atoms with E-state index < -0.39 is 0 Å². The Morgan fingerprint density at radius 1 is 1.37 bits per heavy atom. The molecule has 0 fully saturated rings. The van der Waals surface area contributed by atoms with Crippen molar-refractivity contribution in [3.8, 4) is 0 Å². The van der Waals surface area contributed by atoms with Gasteiger partial charge in [-0.05, 0) is 37.5 Å². The molecule has 0 spiro atoms. The second-order valence-corrected chi connectivity index (χ2v) is 5.21. The molecule has 0 aromatic carbocycles. The number of nitrogens with two attached hydrogens (primary N) is 1. The van der Waals surface area contributed by atoms with Gasteiger partial charge in [-0.3, -0.25) is 9.67 Å². The van der Waals surface area contributed by atoms with Crippen LogP contribution < -0.4 is 5.73 Å². The van der Waals surface area contributed by atoms with Gasteiger partial charge in [0.2, 0.25) is 0 Å². The number of aromatic nitrogens is 3. The van der Waals surface area contributed by atoms with Gasteiger partial charge in [-0.2, -0.15) is 5.10 Å². The lowest BCUT2D eigenvalue weighted by Gasteiger charge is -2.12. The molecule has 2 heterocycles. The van der Waals surface area contributed by atoms with Crippen LogP contribution in [-0.4, -0.2) is 20.8 Å². The van der Waals surface area contributed by atoms with Crippen LogP contribution in [0.2, 0.25) is 5.02 Å². The zero-order valence-corrected chi connectivity index (χ0v) is 12.1. The maximum atomic E-state index is 6.23. The van der Waals surface area contributed by atoms with Gasteiger partial charge in [0, 0.05) is 31.9 Å². The molecule has 0 radical (unpaired) electrons. The third-order valence-electron chi connectivity index (χ3n) is 3.27. The first kappa shape index (κ1) is 14.0. The lowest BCUT2D eigenvalue weighted by atomic mass is 10.0. The molecule has 2 rings (SSSR count). The Hall–Kier alpha value is -1.39. The number of nitrogens with zero attached hydrogens (tertiary/aromatic N) is 3. The molecule has 0 amide bonds. The summed E-state index contributed by atoms with van der Waals surface area (Å²) in [7, 11) is 1.91. The van der Waals surface area contributed by atoms with Gasteiger partial charge in [0.05, 0.1) is 16.4 Å². The minimum atomic E-state index is 0.0838. The molecule has 0 aliphatic heterocycles. The molecule has 2 aromatic rings. The summed E-state index contributed by atoms with van der Waals surface area (Å²) in [6, 6.07) is 4.13. The Balaban J connectivity index is 1.92. The van der Waals surface area contributed by atoms with Gasteiger partial charge in [-0.15, -0.1) is 0 Å². The van der Waals surface area contributed by atoms with Crippen LogP contribution in [0.25, 0.3) is 0 Å². The zero-order valence-electron chi connectivity index (χ0n) is 11.3. The molecule has 0 aliphatic carbocycles. The van der Waals surface area contributed by atoms with Crippen LogP contribution >= 0.6 is 11.6 Å². The Labute approximate surface area is 118 Å². The van der Waals surface area contributed by atoms with Crippen molar-refractivity contribution in [1.82, 2.24) is 14.8 Å². The van der Waals surface area contributed by atoms with Crippen molar-refractivity contribution in [2.24, 2.45) is 12.8 Å². The maximum absolute atomic E-state index is 6.23. The van der Waals surface area contributed by atoms with Crippen LogP contribution in [0.5, 0.6) is 0 Å². The van der Waals surface area contributed by atoms with E-state index in [1.807, 2.05) is 43.2 Å². The highest BCUT2D eigenvalue weighted by atomic mass is 35.5. The van der Waals surface area contributed by atoms with Gasteiger partial charge in [-0.25, -0.2) is 0 Å². The first-order chi connectivity index (χ1) is 9.08. The number of hydrogen-bond acceptors (Lipinski definition) is 3. The van der Waals surface area contributed by atoms with Crippen molar-refractivity contribution in [2.45, 2.75) is 32.2 Å². The summed E-state index contributed by atoms with van der Waals surface area (Å²) in [5, 5.41) is 5.04. The summed E-state index contributed by atoms with van der Waals surface area (Å²) in [5.41, 5.74) is 9.32. The third kappa shape index (κ3) is 3.55. The highest BCUT2D eigenvalue weighted by Gasteiger charge is 2.14. The smallest absolute Gasteiger partial charge is 0.0847 e. The van der Waals surface area contributed by atoms with Crippen molar-refractivity contribution in [3.05, 3.63) is 46.5 Å². The Kier molecular flexibility index (Phi) is 4.56. The summed E-state index contributed by atoms with van der Waals surface area (Å²) in [6.07, 6.45) is 6.24. The van der Waals surface area contributed by atoms with E-state index in [1.54, 1.807) is 0 Å². The molecule has 1 unspecified atom stereocenters. The standard InChI is InChI=1S/C14H19ClN4/c1-10-14(15)13(19(2)18-10)9-12(16)4-3-11-5-7-17-8-6-11/h5-8,12H,3-4,9,16H2,1-2H3. The second-order valence-electron chi connectivity index (χ2n) is 4.83. The molecule has 1 atom stereocenters. The van der Waals surface area contributed by atoms with Crippen LogP contribution in [0.1, 0.15) is 23.4 Å². The minimum absolute atomic E-state index is 0.0838. The zero-order chi connectivity index (χ0) is 13.8. The van der Waals surface area contributed by atoms with Gasteiger partial charge in [0.1, 0.15) is 0 Å². The van der Waals surface area contributed by atoms with Gasteiger partial charge in [0.25, 0.3) is 0 Å². The SMILES string of the molecule is Cc1nn(C)c(CC(N)CCc2ccncc2)c1Cl. The average molecular weight is 279 g/mol. The fourth-order valence-electron chi connectivity index (χ4n) is 2.15. The van der Waals surface area contributed by atoms with Crippen LogP contribution in [0.15, 0.2) is 24.5 Å². The molecule has 102 valence electrons. The topological polar surface area (TPSA) is 56.7 Å². The van der Waals surface area contributed by atoms with Gasteiger partial charge >= 0.3 is 0 Å². The van der Waals surface area contributed by atoms with Gasteiger partial charge in [-0.1, -0.05) is 11.6 Å². The third-order valence-corrected chi connectivity index (χ3v) is 3.76. The summed E-state index contributed by atoms with van der Waals surface area (Å²) >= 11 is 6.23. The molecular weight excluding hydrogens is 260 g/mol. The Morgan fingerprint density at radius 2 is 2.05 bits per heavy atom. The van der Waals surface area contributed by atoms with Crippen molar-refractivity contribution in [3.63, 3.8) is 0 Å². The number of halogens is 1. The van der Waals surface area contributed by atoms with Crippen molar-refractivity contribution in [1.29, 1.82) is 0 Å². The number of aryl methyl sites for hydroxylation is 3. The summed E-state index contributed by atoms with van der Waals surface area (Å²) in [6.45, 7) is 1.91. The molecule has 2 aromatic heterocycles. The van der Waals surface area contributed by atoms with Crippen LogP contribution in [0, 0.1) is 6.92 Å². The molecule has 4 nitrogen and oxygen atoms in total. The number of hydrogen-bond donors (Lipinski definition) is 1. The van der Waals surface area contributed by atoms with E-state index >= 15 is 0 Å². The van der Waals surface area contributed by atoms with E-state index in [2.05, 4.69) is 10.1 Å². The molecule has 2 N–H and O–H groups in total. The Bertz CT molecular complexity index is 536. The van der Waals surface area contributed by atoms with Crippen LogP contribution in [0.4, 0.5) is 0 Å². The molecule has 0 saturated carbocycles. The van der Waals surface area contributed by atoms with Crippen molar-refractivity contribution in [2.75, 3.05) is 0 Å². The summed E-state index contributed by atoms with van der Waals surface area (Å²) in [4.78, 5) is 4.01. The van der Waals surface area contributed by atoms with Gasteiger partial charge in [0.15, 0.2) is 0 Å². The van der Waals surface area contributed by atoms with E-state index in [1.165, 1.54) is 5.56 Å². The molecule has 0 aliphatic rings. The first-order valence-electron chi connectivity index (χ1n) is 6.40. The Morgan fingerprint density at radius 3 is 2.63 bits per heavy atom. The predicted molar refractivity (Wildman–Crippen MR) is 77.2 cm³/mol. The molecule has 0 bridgehead atoms. The van der Waals surface area contributed by atoms with Crippen LogP contribution in [-0.2, 0) is 19.9 Å². The highest BCUT2D eigenvalue weighted by molar-refractivity contribution is 6.31. The molecule has 5 heteroatoms. The summed E-state index contributed by atoms with van der Waals surface area (Å²) < 4.78 is 1.82. The largest absolute Gasteiger partial charge is 0.327 e. The van der Waals surface area contributed by atoms with Crippen molar-refractivity contribution < 1.29 is 0 Å². The van der Waals surface area contributed by atoms with E-state index in [0.29, 0.717) is 0 Å². The number of pyridine rings is 1. The fraction of sp³-hybridized carbons (Fsp3) is 0.429. The lowest BCUT2D eigenvalue weighted by molar-refractivity contribution is 0.578. The maximum Gasteiger partial charge on any atom is 0.0847 e. The average Bonchev–Trinajstić information content (AvgIpc) is 2.64. The van der Waals surface area contributed by atoms with E-state index in [4.69, 9.17) is 17.3 Å². The normalized spacial score (nSPS) is 12.6. The second kappa shape index (κ2) is 6.17. The predicted octanol–water partition coefficient (Wildman–Crippen LogP) is 2.28. The fourth-order valence-corrected chi connectivity index (χ4v) is 2.39. The highest BCUT2D eigenvalue weighted by Crippen LogP contribution is 2.21. The van der Waals surface area contributed by atoms with Crippen molar-refractivity contribution >= 4 is 11.6 Å². The molecule has 19 heavy (non-hydrogen) atoms. The summed E-state index contributed by atoms with van der Waals surface area (Å²) in [5.74, 6) is 0. The monoisotopic (exact) mass is 278 g/mol. The quantitative estimate of drug-likeness (QED) is 0.913. The number of rotatable bonds is 5. The lowest BCUT2D eigenvalue weighted by Crippen LogP contribution is -2.25. The molecule has 0 saturated heterocycles. The molecular formula is C14H19ClN4. The van der Waals surface area contributed by atoms with Crippen LogP contribution in [0.3, 0.4) is 0 Å². The van der Waals surface area contributed by atoms with E-state index in [9.17, 15) is 0 Å². The first-order valence-corrected chi connectivity index (χ1v) is 6.78. The van der Waals surface area contributed by atoms with E-state index in [0.717, 1.165) is 35.7 Å².